The maximum Gasteiger partial charge on any atom is 0.225 e. The molecule has 3 unspecified atom stereocenters. The lowest BCUT2D eigenvalue weighted by Crippen LogP contribution is -2.42. The van der Waals surface area contributed by atoms with Gasteiger partial charge in [-0.3, -0.25) is 4.79 Å². The summed E-state index contributed by atoms with van der Waals surface area (Å²) in [6.45, 7) is 0.975. The highest BCUT2D eigenvalue weighted by Crippen LogP contribution is 2.24. The number of aliphatic hydroxyl groups excluding tert-OH is 1. The Morgan fingerprint density at radius 2 is 2.08 bits per heavy atom. The fourth-order valence-corrected chi connectivity index (χ4v) is 3.11. The largest absolute Gasteiger partial charge is 0.389 e. The predicted molar refractivity (Wildman–Crippen MR) is 96.9 cm³/mol. The highest BCUT2D eigenvalue weighted by molar-refractivity contribution is 5.85. The van der Waals surface area contributed by atoms with E-state index in [0.29, 0.717) is 13.2 Å². The minimum Gasteiger partial charge on any atom is -0.389 e. The number of rotatable bonds is 7. The highest BCUT2D eigenvalue weighted by Gasteiger charge is 2.28. The van der Waals surface area contributed by atoms with E-state index in [2.05, 4.69) is 0 Å². The molecule has 5 nitrogen and oxygen atoms in total. The summed E-state index contributed by atoms with van der Waals surface area (Å²) < 4.78 is 5.52. The van der Waals surface area contributed by atoms with Gasteiger partial charge in [0.05, 0.1) is 19.3 Å². The normalized spacial score (nSPS) is 21.6. The number of carbonyl (C=O) groups excluding carboxylic acids is 1. The molecule has 1 amide bonds. The van der Waals surface area contributed by atoms with Crippen LogP contribution < -0.4 is 5.73 Å². The average Bonchev–Trinajstić information content (AvgIpc) is 2.55. The van der Waals surface area contributed by atoms with E-state index in [-0.39, 0.29) is 36.9 Å². The number of nitrogens with two attached hydrogens (primary N) is 1. The Morgan fingerprint density at radius 3 is 2.75 bits per heavy atom. The van der Waals surface area contributed by atoms with Gasteiger partial charge in [0.25, 0.3) is 0 Å². The Hall–Kier alpha value is -1.14. The third-order valence-corrected chi connectivity index (χ3v) is 4.35. The molecule has 0 spiro atoms. The van der Waals surface area contributed by atoms with Crippen molar-refractivity contribution in [3.8, 4) is 0 Å². The lowest BCUT2D eigenvalue weighted by molar-refractivity contribution is -0.137. The predicted octanol–water partition coefficient (Wildman–Crippen LogP) is 1.96. The van der Waals surface area contributed by atoms with Crippen LogP contribution in [0.3, 0.4) is 0 Å². The minimum atomic E-state index is -0.676. The third kappa shape index (κ3) is 6.77. The molecule has 3 N–H and O–H groups in total. The number of benzene rings is 1. The summed E-state index contributed by atoms with van der Waals surface area (Å²) in [4.78, 5) is 14.0. The summed E-state index contributed by atoms with van der Waals surface area (Å²) in [7, 11) is 1.74. The molecule has 0 radical (unpaired) electrons. The second kappa shape index (κ2) is 10.7. The van der Waals surface area contributed by atoms with Crippen LogP contribution in [0, 0.1) is 5.92 Å². The molecule has 1 aliphatic carbocycles. The molecular formula is C18H29ClN2O3. The van der Waals surface area contributed by atoms with Crippen molar-refractivity contribution in [2.75, 3.05) is 20.2 Å². The zero-order chi connectivity index (χ0) is 16.7. The van der Waals surface area contributed by atoms with Gasteiger partial charge in [0, 0.05) is 25.6 Å². The highest BCUT2D eigenvalue weighted by atomic mass is 35.5. The van der Waals surface area contributed by atoms with Crippen molar-refractivity contribution in [1.29, 1.82) is 0 Å². The van der Waals surface area contributed by atoms with E-state index in [1.165, 1.54) is 0 Å². The summed E-state index contributed by atoms with van der Waals surface area (Å²) in [6, 6.07) is 9.95. The second-order valence-electron chi connectivity index (χ2n) is 6.50. The van der Waals surface area contributed by atoms with Crippen LogP contribution in [-0.4, -0.2) is 48.3 Å². The first-order valence-corrected chi connectivity index (χ1v) is 8.36. The molecule has 1 aromatic carbocycles. The first kappa shape index (κ1) is 20.9. The molecular weight excluding hydrogens is 328 g/mol. The first-order chi connectivity index (χ1) is 11.1. The Bertz CT molecular complexity index is 486. The number of hydrogen-bond acceptors (Lipinski definition) is 4. The van der Waals surface area contributed by atoms with Gasteiger partial charge in [0.2, 0.25) is 5.91 Å². The van der Waals surface area contributed by atoms with E-state index in [1.807, 2.05) is 30.3 Å². The van der Waals surface area contributed by atoms with Gasteiger partial charge in [-0.2, -0.15) is 0 Å². The Kier molecular flexibility index (Phi) is 9.29. The lowest BCUT2D eigenvalue weighted by atomic mass is 9.85. The topological polar surface area (TPSA) is 75.8 Å². The molecule has 2 rings (SSSR count). The molecule has 24 heavy (non-hydrogen) atoms. The van der Waals surface area contributed by atoms with Gasteiger partial charge in [0.15, 0.2) is 0 Å². The monoisotopic (exact) mass is 356 g/mol. The van der Waals surface area contributed by atoms with Crippen molar-refractivity contribution in [2.24, 2.45) is 11.7 Å². The van der Waals surface area contributed by atoms with Crippen molar-refractivity contribution in [2.45, 2.75) is 44.4 Å². The van der Waals surface area contributed by atoms with Crippen molar-refractivity contribution >= 4 is 18.3 Å². The number of amides is 1. The molecule has 1 aliphatic rings. The number of hydrogen-bond donors (Lipinski definition) is 2. The van der Waals surface area contributed by atoms with Crippen LogP contribution in [0.25, 0.3) is 0 Å². The number of ether oxygens (including phenoxy) is 1. The first-order valence-electron chi connectivity index (χ1n) is 8.36. The van der Waals surface area contributed by atoms with Gasteiger partial charge in [-0.05, 0) is 24.8 Å². The van der Waals surface area contributed by atoms with Gasteiger partial charge in [0.1, 0.15) is 0 Å². The molecule has 3 atom stereocenters. The zero-order valence-corrected chi connectivity index (χ0v) is 15.1. The van der Waals surface area contributed by atoms with Crippen molar-refractivity contribution in [3.63, 3.8) is 0 Å². The van der Waals surface area contributed by atoms with Crippen LogP contribution in [0.5, 0.6) is 0 Å². The van der Waals surface area contributed by atoms with Crippen LogP contribution in [0.1, 0.15) is 31.2 Å². The van der Waals surface area contributed by atoms with Gasteiger partial charge in [-0.1, -0.05) is 36.8 Å². The lowest BCUT2D eigenvalue weighted by Gasteiger charge is -2.30. The van der Waals surface area contributed by atoms with Crippen molar-refractivity contribution < 1.29 is 14.6 Å². The third-order valence-electron chi connectivity index (χ3n) is 4.35. The SMILES string of the molecule is CN(CC(O)COCc1ccccc1)C(=O)C1CCCC(N)C1.Cl. The maximum atomic E-state index is 12.4. The number of aliphatic hydroxyl groups is 1. The summed E-state index contributed by atoms with van der Waals surface area (Å²) in [5.74, 6) is 0.0865. The molecule has 0 aromatic heterocycles. The fraction of sp³-hybridized carbons (Fsp3) is 0.611. The van der Waals surface area contributed by atoms with Crippen LogP contribution >= 0.6 is 12.4 Å². The van der Waals surface area contributed by atoms with E-state index < -0.39 is 6.10 Å². The molecule has 1 saturated carbocycles. The Balaban J connectivity index is 0.00000288. The van der Waals surface area contributed by atoms with Crippen molar-refractivity contribution in [3.05, 3.63) is 35.9 Å². The molecule has 1 fully saturated rings. The zero-order valence-electron chi connectivity index (χ0n) is 14.3. The Labute approximate surface area is 150 Å². The standard InChI is InChI=1S/C18H28N2O3.ClH/c1-20(18(22)15-8-5-9-16(19)10-15)11-17(21)13-23-12-14-6-3-2-4-7-14;/h2-4,6-7,15-17,21H,5,8-13,19H2,1H3;1H. The number of likely N-dealkylation sites (N-methyl/N-ethyl adjacent to an activating group) is 1. The van der Waals surface area contributed by atoms with E-state index in [9.17, 15) is 9.90 Å². The maximum absolute atomic E-state index is 12.4. The Morgan fingerprint density at radius 1 is 1.38 bits per heavy atom. The minimum absolute atomic E-state index is 0. The van der Waals surface area contributed by atoms with Gasteiger partial charge >= 0.3 is 0 Å². The molecule has 0 heterocycles. The molecule has 1 aromatic rings. The van der Waals surface area contributed by atoms with Gasteiger partial charge in [-0.15, -0.1) is 12.4 Å². The van der Waals surface area contributed by atoms with E-state index in [0.717, 1.165) is 31.2 Å². The molecule has 0 bridgehead atoms. The number of carbonyl (C=O) groups is 1. The molecule has 0 aliphatic heterocycles. The second-order valence-corrected chi connectivity index (χ2v) is 6.50. The average molecular weight is 357 g/mol. The van der Waals surface area contributed by atoms with E-state index in [4.69, 9.17) is 10.5 Å². The van der Waals surface area contributed by atoms with Gasteiger partial charge < -0.3 is 20.5 Å². The van der Waals surface area contributed by atoms with Crippen LogP contribution in [-0.2, 0) is 16.1 Å². The fourth-order valence-electron chi connectivity index (χ4n) is 3.11. The van der Waals surface area contributed by atoms with Crippen LogP contribution in [0.2, 0.25) is 0 Å². The summed E-state index contributed by atoms with van der Waals surface area (Å²) >= 11 is 0. The number of nitrogens with zero attached hydrogens (tertiary/aromatic N) is 1. The van der Waals surface area contributed by atoms with E-state index >= 15 is 0 Å². The van der Waals surface area contributed by atoms with Crippen LogP contribution in [0.4, 0.5) is 0 Å². The van der Waals surface area contributed by atoms with Crippen LogP contribution in [0.15, 0.2) is 30.3 Å². The summed E-state index contributed by atoms with van der Waals surface area (Å²) in [5.41, 5.74) is 7.01. The smallest absolute Gasteiger partial charge is 0.225 e. The summed E-state index contributed by atoms with van der Waals surface area (Å²) in [5, 5.41) is 10.1. The molecule has 0 saturated heterocycles. The van der Waals surface area contributed by atoms with Crippen molar-refractivity contribution in [1.82, 2.24) is 4.90 Å². The molecule has 136 valence electrons. The summed E-state index contributed by atoms with van der Waals surface area (Å²) in [6.07, 6.45) is 2.99. The number of halogens is 1. The quantitative estimate of drug-likeness (QED) is 0.783. The molecule has 6 heteroatoms. The van der Waals surface area contributed by atoms with Gasteiger partial charge in [-0.25, -0.2) is 0 Å². The van der Waals surface area contributed by atoms with E-state index in [1.54, 1.807) is 11.9 Å².